The largest absolute Gasteiger partial charge is 0.356 e. The number of hydrogen-bond acceptors (Lipinski definition) is 3. The van der Waals surface area contributed by atoms with Crippen molar-refractivity contribution in [2.24, 2.45) is 0 Å². The fourth-order valence-corrected chi connectivity index (χ4v) is 2.44. The SMILES string of the molecule is CCNC(=O)CCNC(=O)C1CNCc2ccccc21. The van der Waals surface area contributed by atoms with Gasteiger partial charge in [-0.25, -0.2) is 0 Å². The highest BCUT2D eigenvalue weighted by Gasteiger charge is 2.25. The first-order valence-corrected chi connectivity index (χ1v) is 7.05. The van der Waals surface area contributed by atoms with Gasteiger partial charge in [0.1, 0.15) is 0 Å². The van der Waals surface area contributed by atoms with Gasteiger partial charge in [0.25, 0.3) is 0 Å². The van der Waals surface area contributed by atoms with Gasteiger partial charge in [-0.05, 0) is 18.1 Å². The number of carbonyl (C=O) groups is 2. The van der Waals surface area contributed by atoms with Crippen molar-refractivity contribution in [2.75, 3.05) is 19.6 Å². The molecular weight excluding hydrogens is 254 g/mol. The first-order chi connectivity index (χ1) is 9.72. The summed E-state index contributed by atoms with van der Waals surface area (Å²) in [6, 6.07) is 7.98. The lowest BCUT2D eigenvalue weighted by molar-refractivity contribution is -0.123. The maximum atomic E-state index is 12.2. The Labute approximate surface area is 119 Å². The van der Waals surface area contributed by atoms with E-state index in [9.17, 15) is 9.59 Å². The minimum absolute atomic E-state index is 0.0195. The standard InChI is InChI=1S/C15H21N3O2/c1-2-17-14(19)7-8-18-15(20)13-10-16-9-11-5-3-4-6-12(11)13/h3-6,13,16H,2,7-10H2,1H3,(H,17,19)(H,18,20). The molecule has 20 heavy (non-hydrogen) atoms. The number of hydrogen-bond donors (Lipinski definition) is 3. The van der Waals surface area contributed by atoms with E-state index < -0.39 is 0 Å². The van der Waals surface area contributed by atoms with Crippen molar-refractivity contribution in [1.29, 1.82) is 0 Å². The Morgan fingerprint density at radius 1 is 1.30 bits per heavy atom. The summed E-state index contributed by atoms with van der Waals surface area (Å²) in [5, 5.41) is 8.81. The molecule has 1 unspecified atom stereocenters. The molecule has 3 N–H and O–H groups in total. The van der Waals surface area contributed by atoms with Crippen LogP contribution in [0.5, 0.6) is 0 Å². The average molecular weight is 275 g/mol. The summed E-state index contributed by atoms with van der Waals surface area (Å²) in [6.07, 6.45) is 0.321. The van der Waals surface area contributed by atoms with Crippen LogP contribution in [0.1, 0.15) is 30.4 Å². The normalized spacial score (nSPS) is 17.1. The van der Waals surface area contributed by atoms with Gasteiger partial charge in [0.2, 0.25) is 11.8 Å². The van der Waals surface area contributed by atoms with Crippen LogP contribution in [-0.4, -0.2) is 31.4 Å². The van der Waals surface area contributed by atoms with E-state index in [-0.39, 0.29) is 17.7 Å². The molecular formula is C15H21N3O2. The van der Waals surface area contributed by atoms with Crippen LogP contribution in [0.3, 0.4) is 0 Å². The predicted molar refractivity (Wildman–Crippen MR) is 77.2 cm³/mol. The Hall–Kier alpha value is -1.88. The Morgan fingerprint density at radius 2 is 2.10 bits per heavy atom. The van der Waals surface area contributed by atoms with Gasteiger partial charge in [-0.1, -0.05) is 24.3 Å². The van der Waals surface area contributed by atoms with E-state index in [0.29, 0.717) is 26.1 Å². The average Bonchev–Trinajstić information content (AvgIpc) is 2.47. The van der Waals surface area contributed by atoms with Crippen LogP contribution in [0.4, 0.5) is 0 Å². The monoisotopic (exact) mass is 275 g/mol. The number of benzene rings is 1. The minimum Gasteiger partial charge on any atom is -0.356 e. The van der Waals surface area contributed by atoms with Crippen molar-refractivity contribution in [2.45, 2.75) is 25.8 Å². The van der Waals surface area contributed by atoms with E-state index in [1.807, 2.05) is 31.2 Å². The van der Waals surface area contributed by atoms with Gasteiger partial charge in [-0.2, -0.15) is 0 Å². The van der Waals surface area contributed by atoms with Gasteiger partial charge >= 0.3 is 0 Å². The smallest absolute Gasteiger partial charge is 0.228 e. The van der Waals surface area contributed by atoms with E-state index in [0.717, 1.165) is 12.1 Å². The van der Waals surface area contributed by atoms with Crippen LogP contribution in [0.25, 0.3) is 0 Å². The molecule has 0 fully saturated rings. The van der Waals surface area contributed by atoms with Crippen LogP contribution in [0.2, 0.25) is 0 Å². The minimum atomic E-state index is -0.172. The zero-order chi connectivity index (χ0) is 14.4. The summed E-state index contributed by atoms with van der Waals surface area (Å²) >= 11 is 0. The summed E-state index contributed by atoms with van der Waals surface area (Å²) in [6.45, 7) is 4.32. The van der Waals surface area contributed by atoms with E-state index in [4.69, 9.17) is 0 Å². The second-order valence-corrected chi connectivity index (χ2v) is 4.88. The van der Waals surface area contributed by atoms with E-state index in [1.165, 1.54) is 5.56 Å². The number of fused-ring (bicyclic) bond motifs is 1. The van der Waals surface area contributed by atoms with Gasteiger partial charge in [0, 0.05) is 32.6 Å². The predicted octanol–water partition coefficient (Wildman–Crippen LogP) is 0.516. The highest BCUT2D eigenvalue weighted by atomic mass is 16.2. The third-order valence-electron chi connectivity index (χ3n) is 3.44. The summed E-state index contributed by atoms with van der Waals surface area (Å²) in [4.78, 5) is 23.5. The van der Waals surface area contributed by atoms with Crippen molar-refractivity contribution in [3.63, 3.8) is 0 Å². The van der Waals surface area contributed by atoms with Crippen molar-refractivity contribution in [3.05, 3.63) is 35.4 Å². The van der Waals surface area contributed by atoms with Gasteiger partial charge in [-0.15, -0.1) is 0 Å². The topological polar surface area (TPSA) is 70.2 Å². The van der Waals surface area contributed by atoms with Crippen molar-refractivity contribution in [1.82, 2.24) is 16.0 Å². The molecule has 0 aliphatic carbocycles. The number of carbonyl (C=O) groups excluding carboxylic acids is 2. The third-order valence-corrected chi connectivity index (χ3v) is 3.44. The second-order valence-electron chi connectivity index (χ2n) is 4.88. The van der Waals surface area contributed by atoms with E-state index in [2.05, 4.69) is 16.0 Å². The number of rotatable bonds is 5. The molecule has 0 aromatic heterocycles. The van der Waals surface area contributed by atoms with Crippen molar-refractivity contribution < 1.29 is 9.59 Å². The fourth-order valence-electron chi connectivity index (χ4n) is 2.44. The van der Waals surface area contributed by atoms with Crippen LogP contribution in [0.15, 0.2) is 24.3 Å². The fraction of sp³-hybridized carbons (Fsp3) is 0.467. The highest BCUT2D eigenvalue weighted by molar-refractivity contribution is 5.85. The zero-order valence-corrected chi connectivity index (χ0v) is 11.7. The molecule has 1 aliphatic rings. The summed E-state index contributed by atoms with van der Waals surface area (Å²) in [7, 11) is 0. The van der Waals surface area contributed by atoms with Gasteiger partial charge < -0.3 is 16.0 Å². The van der Waals surface area contributed by atoms with Crippen LogP contribution >= 0.6 is 0 Å². The van der Waals surface area contributed by atoms with Crippen molar-refractivity contribution in [3.8, 4) is 0 Å². The summed E-state index contributed by atoms with van der Waals surface area (Å²) in [5.41, 5.74) is 2.25. The molecule has 0 bridgehead atoms. The zero-order valence-electron chi connectivity index (χ0n) is 11.7. The molecule has 1 aromatic carbocycles. The first-order valence-electron chi connectivity index (χ1n) is 7.05. The first kappa shape index (κ1) is 14.5. The maximum absolute atomic E-state index is 12.2. The molecule has 2 amide bonds. The molecule has 1 aliphatic heterocycles. The molecule has 2 rings (SSSR count). The van der Waals surface area contributed by atoms with Crippen LogP contribution in [0, 0.1) is 0 Å². The molecule has 5 nitrogen and oxygen atoms in total. The Kier molecular flexibility index (Phi) is 5.12. The molecule has 5 heteroatoms. The molecule has 1 atom stereocenters. The molecule has 0 spiro atoms. The molecule has 0 radical (unpaired) electrons. The van der Waals surface area contributed by atoms with Crippen molar-refractivity contribution >= 4 is 11.8 Å². The van der Waals surface area contributed by atoms with Gasteiger partial charge in [-0.3, -0.25) is 9.59 Å². The van der Waals surface area contributed by atoms with Gasteiger partial charge in [0.05, 0.1) is 5.92 Å². The summed E-state index contributed by atoms with van der Waals surface area (Å²) < 4.78 is 0. The van der Waals surface area contributed by atoms with Crippen LogP contribution < -0.4 is 16.0 Å². The second kappa shape index (κ2) is 7.05. The Balaban J connectivity index is 1.89. The summed E-state index contributed by atoms with van der Waals surface area (Å²) in [5.74, 6) is -0.224. The lowest BCUT2D eigenvalue weighted by Crippen LogP contribution is -2.40. The Bertz CT molecular complexity index is 488. The molecule has 0 saturated carbocycles. The molecule has 0 saturated heterocycles. The lowest BCUT2D eigenvalue weighted by Gasteiger charge is -2.25. The highest BCUT2D eigenvalue weighted by Crippen LogP contribution is 2.23. The third kappa shape index (κ3) is 3.57. The molecule has 1 aromatic rings. The molecule has 108 valence electrons. The van der Waals surface area contributed by atoms with E-state index in [1.54, 1.807) is 0 Å². The van der Waals surface area contributed by atoms with E-state index >= 15 is 0 Å². The quantitative estimate of drug-likeness (QED) is 0.733. The number of amides is 2. The van der Waals surface area contributed by atoms with Crippen LogP contribution in [-0.2, 0) is 16.1 Å². The maximum Gasteiger partial charge on any atom is 0.228 e. The van der Waals surface area contributed by atoms with Gasteiger partial charge in [0.15, 0.2) is 0 Å². The lowest BCUT2D eigenvalue weighted by atomic mass is 9.90. The Morgan fingerprint density at radius 3 is 2.90 bits per heavy atom. The number of nitrogens with one attached hydrogen (secondary N) is 3. The molecule has 1 heterocycles.